The molecule has 0 aromatic heterocycles. The Balaban J connectivity index is 1.33. The van der Waals surface area contributed by atoms with Gasteiger partial charge in [-0.2, -0.15) is 0 Å². The van der Waals surface area contributed by atoms with Crippen LogP contribution in [0.2, 0.25) is 0 Å². The molecule has 0 N–H and O–H groups in total. The molecule has 2 amide bonds. The maximum atomic E-state index is 13.6. The van der Waals surface area contributed by atoms with Gasteiger partial charge in [-0.15, -0.1) is 0 Å². The van der Waals surface area contributed by atoms with E-state index in [1.807, 2.05) is 58.3 Å². The van der Waals surface area contributed by atoms with Gasteiger partial charge in [0, 0.05) is 44.8 Å². The van der Waals surface area contributed by atoms with Crippen molar-refractivity contribution in [3.63, 3.8) is 0 Å². The van der Waals surface area contributed by atoms with Gasteiger partial charge in [0.1, 0.15) is 0 Å². The number of amides is 2. The Kier molecular flexibility index (Phi) is 7.42. The molecule has 0 aliphatic carbocycles. The Hall–Kier alpha value is -3.84. The van der Waals surface area contributed by atoms with Crippen molar-refractivity contribution in [1.82, 2.24) is 14.7 Å². The lowest BCUT2D eigenvalue weighted by molar-refractivity contribution is -0.134. The van der Waals surface area contributed by atoms with Gasteiger partial charge in [0.2, 0.25) is 5.91 Å². The number of benzene rings is 3. The van der Waals surface area contributed by atoms with E-state index in [0.29, 0.717) is 36.7 Å². The molecule has 1 atom stereocenters. The maximum absolute atomic E-state index is 13.6. The van der Waals surface area contributed by atoms with Crippen molar-refractivity contribution in [2.75, 3.05) is 40.4 Å². The van der Waals surface area contributed by atoms with E-state index in [4.69, 9.17) is 9.47 Å². The van der Waals surface area contributed by atoms with E-state index in [9.17, 15) is 9.59 Å². The molecule has 0 radical (unpaired) electrons. The first-order valence-electron chi connectivity index (χ1n) is 12.7. The van der Waals surface area contributed by atoms with Crippen LogP contribution in [0.25, 0.3) is 0 Å². The molecule has 0 spiro atoms. The molecular formula is C30H33N3O4. The molecule has 1 saturated heterocycles. The van der Waals surface area contributed by atoms with Crippen molar-refractivity contribution in [2.45, 2.75) is 25.6 Å². The predicted molar refractivity (Wildman–Crippen MR) is 142 cm³/mol. The van der Waals surface area contributed by atoms with Gasteiger partial charge in [0.15, 0.2) is 11.5 Å². The predicted octanol–water partition coefficient (Wildman–Crippen LogP) is 4.14. The van der Waals surface area contributed by atoms with Crippen LogP contribution >= 0.6 is 0 Å². The van der Waals surface area contributed by atoms with Gasteiger partial charge >= 0.3 is 0 Å². The Bertz CT molecular complexity index is 1250. The highest BCUT2D eigenvalue weighted by Gasteiger charge is 2.36. The summed E-state index contributed by atoms with van der Waals surface area (Å²) >= 11 is 0. The minimum atomic E-state index is -0.408. The fourth-order valence-electron chi connectivity index (χ4n) is 5.29. The maximum Gasteiger partial charge on any atom is 0.255 e. The topological polar surface area (TPSA) is 62.3 Å². The summed E-state index contributed by atoms with van der Waals surface area (Å²) in [6.07, 6.45) is 0.216. The number of nitrogens with zero attached hydrogens (tertiary/aromatic N) is 3. The van der Waals surface area contributed by atoms with E-state index < -0.39 is 6.04 Å². The minimum Gasteiger partial charge on any atom is -0.493 e. The zero-order valence-electron chi connectivity index (χ0n) is 21.4. The molecule has 37 heavy (non-hydrogen) atoms. The molecule has 3 aromatic rings. The summed E-state index contributed by atoms with van der Waals surface area (Å²) in [4.78, 5) is 33.1. The van der Waals surface area contributed by atoms with Crippen molar-refractivity contribution >= 4 is 11.8 Å². The van der Waals surface area contributed by atoms with Gasteiger partial charge in [0.05, 0.1) is 26.7 Å². The number of hydrogen-bond donors (Lipinski definition) is 0. The number of hydrogen-bond acceptors (Lipinski definition) is 5. The van der Waals surface area contributed by atoms with Crippen LogP contribution in [-0.2, 0) is 17.9 Å². The van der Waals surface area contributed by atoms with Crippen molar-refractivity contribution in [1.29, 1.82) is 0 Å². The highest BCUT2D eigenvalue weighted by molar-refractivity contribution is 5.98. The molecule has 2 aliphatic heterocycles. The van der Waals surface area contributed by atoms with E-state index >= 15 is 0 Å². The smallest absolute Gasteiger partial charge is 0.255 e. The summed E-state index contributed by atoms with van der Waals surface area (Å²) in [6, 6.07) is 23.3. The molecule has 0 unspecified atom stereocenters. The molecule has 3 aromatic carbocycles. The first kappa shape index (κ1) is 24.8. The molecular weight excluding hydrogens is 466 g/mol. The van der Waals surface area contributed by atoms with Gasteiger partial charge in [-0.25, -0.2) is 0 Å². The standard InChI is InChI=1S/C30H33N3O4/c1-36-27-13-12-23(18-28(27)37-2)26(33-21-24-10-6-7-11-25(24)30(33)35)19-29(34)32-16-14-31(15-17-32)20-22-8-4-3-5-9-22/h3-13,18,26H,14-17,19-21H2,1-2H3/t26-/m1/s1. The molecule has 7 nitrogen and oxygen atoms in total. The third kappa shape index (κ3) is 5.32. The average molecular weight is 500 g/mol. The van der Waals surface area contributed by atoms with E-state index in [2.05, 4.69) is 29.2 Å². The van der Waals surface area contributed by atoms with E-state index in [-0.39, 0.29) is 18.2 Å². The van der Waals surface area contributed by atoms with Gasteiger partial charge in [0.25, 0.3) is 5.91 Å². The summed E-state index contributed by atoms with van der Waals surface area (Å²) in [5, 5.41) is 0. The van der Waals surface area contributed by atoms with Gasteiger partial charge < -0.3 is 19.3 Å². The summed E-state index contributed by atoms with van der Waals surface area (Å²) in [7, 11) is 3.18. The monoisotopic (exact) mass is 499 g/mol. The third-order valence-corrected chi connectivity index (χ3v) is 7.36. The number of rotatable bonds is 8. The fourth-order valence-corrected chi connectivity index (χ4v) is 5.29. The van der Waals surface area contributed by atoms with Crippen LogP contribution in [-0.4, -0.2) is 66.9 Å². The lowest BCUT2D eigenvalue weighted by Gasteiger charge is -2.36. The highest BCUT2D eigenvalue weighted by atomic mass is 16.5. The molecule has 5 rings (SSSR count). The second-order valence-corrected chi connectivity index (χ2v) is 9.57. The van der Waals surface area contributed by atoms with Gasteiger partial charge in [-0.1, -0.05) is 54.6 Å². The van der Waals surface area contributed by atoms with Crippen molar-refractivity contribution in [3.8, 4) is 11.5 Å². The van der Waals surface area contributed by atoms with E-state index in [0.717, 1.165) is 30.8 Å². The van der Waals surface area contributed by atoms with E-state index in [1.165, 1.54) is 5.56 Å². The molecule has 0 bridgehead atoms. The molecule has 2 heterocycles. The quantitative estimate of drug-likeness (QED) is 0.466. The summed E-state index contributed by atoms with van der Waals surface area (Å²) in [5.74, 6) is 1.21. The molecule has 0 saturated carbocycles. The second kappa shape index (κ2) is 11.0. The van der Waals surface area contributed by atoms with Crippen LogP contribution in [0.5, 0.6) is 11.5 Å². The molecule has 7 heteroatoms. The summed E-state index contributed by atoms with van der Waals surface area (Å²) < 4.78 is 10.9. The number of piperazine rings is 1. The van der Waals surface area contributed by atoms with Gasteiger partial charge in [-0.05, 0) is 34.9 Å². The number of fused-ring (bicyclic) bond motifs is 1. The zero-order valence-corrected chi connectivity index (χ0v) is 21.4. The number of methoxy groups -OCH3 is 2. The summed E-state index contributed by atoms with van der Waals surface area (Å²) in [6.45, 7) is 4.38. The van der Waals surface area contributed by atoms with Crippen LogP contribution in [0.4, 0.5) is 0 Å². The molecule has 2 aliphatic rings. The number of carbonyl (C=O) groups excluding carboxylic acids is 2. The van der Waals surface area contributed by atoms with Crippen LogP contribution in [0.1, 0.15) is 39.5 Å². The number of carbonyl (C=O) groups is 2. The largest absolute Gasteiger partial charge is 0.493 e. The Labute approximate surface area is 218 Å². The van der Waals surface area contributed by atoms with E-state index in [1.54, 1.807) is 14.2 Å². The second-order valence-electron chi connectivity index (χ2n) is 9.57. The lowest BCUT2D eigenvalue weighted by atomic mass is 10.00. The zero-order chi connectivity index (χ0) is 25.8. The minimum absolute atomic E-state index is 0.0455. The van der Waals surface area contributed by atoms with Crippen molar-refractivity contribution < 1.29 is 19.1 Å². The Morgan fingerprint density at radius 1 is 0.865 bits per heavy atom. The highest BCUT2D eigenvalue weighted by Crippen LogP contribution is 2.37. The van der Waals surface area contributed by atoms with Crippen LogP contribution in [0.3, 0.4) is 0 Å². The fraction of sp³-hybridized carbons (Fsp3) is 0.333. The van der Waals surface area contributed by atoms with Crippen LogP contribution < -0.4 is 9.47 Å². The lowest BCUT2D eigenvalue weighted by Crippen LogP contribution is -2.49. The first-order valence-corrected chi connectivity index (χ1v) is 12.7. The molecule has 192 valence electrons. The average Bonchev–Trinajstić information content (AvgIpc) is 3.28. The third-order valence-electron chi connectivity index (χ3n) is 7.36. The van der Waals surface area contributed by atoms with Crippen molar-refractivity contribution in [2.24, 2.45) is 0 Å². The normalized spacial score (nSPS) is 16.4. The first-order chi connectivity index (χ1) is 18.1. The Morgan fingerprint density at radius 2 is 1.57 bits per heavy atom. The van der Waals surface area contributed by atoms with Gasteiger partial charge in [-0.3, -0.25) is 14.5 Å². The summed E-state index contributed by atoms with van der Waals surface area (Å²) in [5.41, 5.74) is 3.83. The number of ether oxygens (including phenoxy) is 2. The van der Waals surface area contributed by atoms with Crippen LogP contribution in [0, 0.1) is 0 Å². The van der Waals surface area contributed by atoms with Crippen molar-refractivity contribution in [3.05, 3.63) is 95.1 Å². The SMILES string of the molecule is COc1ccc([C@@H](CC(=O)N2CCN(Cc3ccccc3)CC2)N2Cc3ccccc3C2=O)cc1OC. The van der Waals surface area contributed by atoms with Crippen LogP contribution in [0.15, 0.2) is 72.8 Å². The Morgan fingerprint density at radius 3 is 2.27 bits per heavy atom. The molecule has 1 fully saturated rings.